The molecule has 3 nitrogen and oxygen atoms in total. The van der Waals surface area contributed by atoms with Gasteiger partial charge in [0.2, 0.25) is 0 Å². The molecule has 0 aliphatic heterocycles. The minimum atomic E-state index is -0.00849. The molecule has 0 aliphatic rings. The van der Waals surface area contributed by atoms with Crippen LogP contribution in [0.15, 0.2) is 52.0 Å². The van der Waals surface area contributed by atoms with Crippen LogP contribution in [0.3, 0.4) is 0 Å². The summed E-state index contributed by atoms with van der Waals surface area (Å²) in [4.78, 5) is 12.4. The van der Waals surface area contributed by atoms with Crippen molar-refractivity contribution in [2.24, 2.45) is 0 Å². The van der Waals surface area contributed by atoms with Crippen molar-refractivity contribution in [3.8, 4) is 0 Å². The first kappa shape index (κ1) is 12.0. The van der Waals surface area contributed by atoms with Crippen LogP contribution in [-0.4, -0.2) is 4.57 Å². The van der Waals surface area contributed by atoms with E-state index < -0.39 is 0 Å². The molecule has 0 unspecified atom stereocenters. The quantitative estimate of drug-likeness (QED) is 0.795. The lowest BCUT2D eigenvalue weighted by molar-refractivity contribution is 0.686. The Bertz CT molecular complexity index is 759. The first-order chi connectivity index (χ1) is 9.25. The molecule has 0 saturated heterocycles. The summed E-state index contributed by atoms with van der Waals surface area (Å²) in [7, 11) is 0. The summed E-state index contributed by atoms with van der Waals surface area (Å²) in [5.41, 5.74) is 7.22. The van der Waals surface area contributed by atoms with Gasteiger partial charge < -0.3 is 5.73 Å². The van der Waals surface area contributed by atoms with Crippen molar-refractivity contribution in [1.82, 2.24) is 4.57 Å². The number of rotatable bonds is 3. The van der Waals surface area contributed by atoms with Crippen molar-refractivity contribution >= 4 is 27.9 Å². The molecule has 2 heterocycles. The van der Waals surface area contributed by atoms with Gasteiger partial charge in [0.1, 0.15) is 5.82 Å². The molecule has 0 radical (unpaired) electrons. The number of pyridine rings is 1. The fourth-order valence-electron chi connectivity index (χ4n) is 2.22. The number of nitrogens with two attached hydrogens (primary N) is 1. The van der Waals surface area contributed by atoms with Crippen LogP contribution >= 0.6 is 11.3 Å². The fraction of sp³-hybridized carbons (Fsp3) is 0.133. The standard InChI is InChI=1S/C15H14N2OS/c16-14-9-12-3-1-2-4-13(12)15(18)17(14)7-5-11-6-8-19-10-11/h1-4,6,8-10H,5,7,16H2. The Morgan fingerprint density at radius 1 is 1.21 bits per heavy atom. The average molecular weight is 270 g/mol. The second kappa shape index (κ2) is 4.90. The molecule has 0 fully saturated rings. The van der Waals surface area contributed by atoms with Crippen LogP contribution in [0.1, 0.15) is 5.56 Å². The highest BCUT2D eigenvalue weighted by molar-refractivity contribution is 7.07. The molecule has 19 heavy (non-hydrogen) atoms. The summed E-state index contributed by atoms with van der Waals surface area (Å²) in [5.74, 6) is 0.527. The van der Waals surface area contributed by atoms with Crippen LogP contribution < -0.4 is 11.3 Å². The maximum Gasteiger partial charge on any atom is 0.259 e. The molecule has 2 aromatic heterocycles. The van der Waals surface area contributed by atoms with E-state index in [1.807, 2.05) is 35.7 Å². The van der Waals surface area contributed by atoms with E-state index in [-0.39, 0.29) is 5.56 Å². The van der Waals surface area contributed by atoms with Gasteiger partial charge in [-0.25, -0.2) is 0 Å². The molecule has 0 amide bonds. The summed E-state index contributed by atoms with van der Waals surface area (Å²) >= 11 is 1.67. The van der Waals surface area contributed by atoms with Gasteiger partial charge in [0.25, 0.3) is 5.56 Å². The Hall–Kier alpha value is -2.07. The molecule has 3 aromatic rings. The fourth-order valence-corrected chi connectivity index (χ4v) is 2.93. The minimum Gasteiger partial charge on any atom is -0.385 e. The van der Waals surface area contributed by atoms with E-state index in [4.69, 9.17) is 5.73 Å². The Morgan fingerprint density at radius 2 is 2.05 bits per heavy atom. The van der Waals surface area contributed by atoms with Crippen molar-refractivity contribution in [2.75, 3.05) is 5.73 Å². The van der Waals surface area contributed by atoms with Gasteiger partial charge in [-0.3, -0.25) is 9.36 Å². The van der Waals surface area contributed by atoms with Crippen LogP contribution in [-0.2, 0) is 13.0 Å². The van der Waals surface area contributed by atoms with Crippen LogP contribution in [0.2, 0.25) is 0 Å². The van der Waals surface area contributed by atoms with E-state index in [0.717, 1.165) is 17.2 Å². The largest absolute Gasteiger partial charge is 0.385 e. The van der Waals surface area contributed by atoms with E-state index >= 15 is 0 Å². The summed E-state index contributed by atoms with van der Waals surface area (Å²) in [6.07, 6.45) is 0.825. The van der Waals surface area contributed by atoms with Crippen molar-refractivity contribution in [3.63, 3.8) is 0 Å². The van der Waals surface area contributed by atoms with Gasteiger partial charge in [0.05, 0.1) is 0 Å². The number of anilines is 1. The molecule has 96 valence electrons. The number of hydrogen-bond acceptors (Lipinski definition) is 3. The smallest absolute Gasteiger partial charge is 0.259 e. The lowest BCUT2D eigenvalue weighted by Gasteiger charge is -2.10. The van der Waals surface area contributed by atoms with Gasteiger partial charge in [-0.05, 0) is 46.3 Å². The number of aromatic nitrogens is 1. The number of thiophene rings is 1. The van der Waals surface area contributed by atoms with Gasteiger partial charge in [-0.15, -0.1) is 0 Å². The number of fused-ring (bicyclic) bond motifs is 1. The van der Waals surface area contributed by atoms with E-state index in [1.165, 1.54) is 5.56 Å². The third-order valence-electron chi connectivity index (χ3n) is 3.26. The van der Waals surface area contributed by atoms with Gasteiger partial charge in [0.15, 0.2) is 0 Å². The average Bonchev–Trinajstić information content (AvgIpc) is 2.92. The lowest BCUT2D eigenvalue weighted by atomic mass is 10.1. The summed E-state index contributed by atoms with van der Waals surface area (Å²) in [6.45, 7) is 0.617. The van der Waals surface area contributed by atoms with E-state index in [9.17, 15) is 4.79 Å². The Balaban J connectivity index is 2.01. The number of benzene rings is 1. The second-order valence-corrected chi connectivity index (χ2v) is 5.27. The van der Waals surface area contributed by atoms with Gasteiger partial charge in [-0.2, -0.15) is 11.3 Å². The molecule has 1 aromatic carbocycles. The van der Waals surface area contributed by atoms with E-state index in [2.05, 4.69) is 11.4 Å². The Morgan fingerprint density at radius 3 is 2.84 bits per heavy atom. The highest BCUT2D eigenvalue weighted by Crippen LogP contribution is 2.14. The molecule has 4 heteroatoms. The summed E-state index contributed by atoms with van der Waals surface area (Å²) in [5, 5.41) is 5.77. The molecule has 0 bridgehead atoms. The molecule has 0 aliphatic carbocycles. The minimum absolute atomic E-state index is 0.00849. The predicted octanol–water partition coefficient (Wildman–Crippen LogP) is 2.89. The normalized spacial score (nSPS) is 10.9. The highest BCUT2D eigenvalue weighted by atomic mass is 32.1. The molecular formula is C15H14N2OS. The maximum absolute atomic E-state index is 12.4. The molecular weight excluding hydrogens is 256 g/mol. The van der Waals surface area contributed by atoms with Crippen molar-refractivity contribution in [3.05, 3.63) is 63.1 Å². The molecule has 0 saturated carbocycles. The van der Waals surface area contributed by atoms with Crippen LogP contribution in [0.4, 0.5) is 5.82 Å². The third-order valence-corrected chi connectivity index (χ3v) is 3.99. The number of nitrogen functional groups attached to an aromatic ring is 1. The van der Waals surface area contributed by atoms with Gasteiger partial charge in [0, 0.05) is 11.9 Å². The van der Waals surface area contributed by atoms with E-state index in [0.29, 0.717) is 12.4 Å². The van der Waals surface area contributed by atoms with Crippen LogP contribution in [0.5, 0.6) is 0 Å². The Kier molecular flexibility index (Phi) is 3.09. The molecule has 3 rings (SSSR count). The number of hydrogen-bond donors (Lipinski definition) is 1. The number of aryl methyl sites for hydroxylation is 1. The van der Waals surface area contributed by atoms with Crippen molar-refractivity contribution in [1.29, 1.82) is 0 Å². The zero-order chi connectivity index (χ0) is 13.2. The highest BCUT2D eigenvalue weighted by Gasteiger charge is 2.06. The lowest BCUT2D eigenvalue weighted by Crippen LogP contribution is -2.23. The van der Waals surface area contributed by atoms with Gasteiger partial charge in [-0.1, -0.05) is 18.2 Å². The third kappa shape index (κ3) is 2.27. The summed E-state index contributed by atoms with van der Waals surface area (Å²) < 4.78 is 1.65. The van der Waals surface area contributed by atoms with Crippen LogP contribution in [0.25, 0.3) is 10.8 Å². The molecule has 0 atom stereocenters. The zero-order valence-electron chi connectivity index (χ0n) is 10.4. The molecule has 2 N–H and O–H groups in total. The van der Waals surface area contributed by atoms with Crippen LogP contribution in [0, 0.1) is 0 Å². The predicted molar refractivity (Wildman–Crippen MR) is 80.6 cm³/mol. The van der Waals surface area contributed by atoms with Gasteiger partial charge >= 0.3 is 0 Å². The number of nitrogens with zero attached hydrogens (tertiary/aromatic N) is 1. The Labute approximate surface area is 114 Å². The first-order valence-electron chi connectivity index (χ1n) is 6.15. The molecule has 0 spiro atoms. The second-order valence-electron chi connectivity index (χ2n) is 4.49. The SMILES string of the molecule is Nc1cc2ccccc2c(=O)n1CCc1ccsc1. The van der Waals surface area contributed by atoms with Crippen molar-refractivity contribution < 1.29 is 0 Å². The topological polar surface area (TPSA) is 48.0 Å². The maximum atomic E-state index is 12.4. The first-order valence-corrected chi connectivity index (χ1v) is 7.09. The monoisotopic (exact) mass is 270 g/mol. The summed E-state index contributed by atoms with van der Waals surface area (Å²) in [6, 6.07) is 11.5. The van der Waals surface area contributed by atoms with Crippen molar-refractivity contribution in [2.45, 2.75) is 13.0 Å². The van der Waals surface area contributed by atoms with E-state index in [1.54, 1.807) is 15.9 Å². The zero-order valence-corrected chi connectivity index (χ0v) is 11.2.